The number of nitrogens with two attached hydrogens (primary N) is 1. The second-order valence-corrected chi connectivity index (χ2v) is 3.77. The number of hydrogen-bond acceptors (Lipinski definition) is 5. The van der Waals surface area contributed by atoms with Crippen LogP contribution in [0.25, 0.3) is 0 Å². The fourth-order valence-electron chi connectivity index (χ4n) is 1.67. The van der Waals surface area contributed by atoms with Gasteiger partial charge in [-0.15, -0.1) is 10.2 Å². The van der Waals surface area contributed by atoms with E-state index >= 15 is 0 Å². The lowest BCUT2D eigenvalue weighted by atomic mass is 10.1. The summed E-state index contributed by atoms with van der Waals surface area (Å²) in [6.07, 6.45) is 1.69. The van der Waals surface area contributed by atoms with Gasteiger partial charge in [-0.25, -0.2) is 0 Å². The predicted octanol–water partition coefficient (Wildman–Crippen LogP) is 1.36. The van der Waals surface area contributed by atoms with Gasteiger partial charge in [-0.1, -0.05) is 6.07 Å². The summed E-state index contributed by atoms with van der Waals surface area (Å²) in [6.45, 7) is 3.36. The zero-order valence-electron chi connectivity index (χ0n) is 10.1. The minimum absolute atomic E-state index is 0.461. The lowest BCUT2D eigenvalue weighted by molar-refractivity contribution is 0.708. The molecule has 3 N–H and O–H groups in total. The van der Waals surface area contributed by atoms with E-state index in [4.69, 9.17) is 11.0 Å². The van der Waals surface area contributed by atoms with Gasteiger partial charge in [0.1, 0.15) is 12.4 Å². The van der Waals surface area contributed by atoms with Crippen LogP contribution in [-0.2, 0) is 13.1 Å². The first kappa shape index (κ1) is 11.9. The SMILES string of the molecule is CCn1cnnc1CNc1cccc(C#N)c1N. The Kier molecular flexibility index (Phi) is 3.44. The summed E-state index contributed by atoms with van der Waals surface area (Å²) in [4.78, 5) is 0. The van der Waals surface area contributed by atoms with E-state index in [9.17, 15) is 0 Å². The number of rotatable bonds is 4. The van der Waals surface area contributed by atoms with Crippen LogP contribution < -0.4 is 11.1 Å². The Morgan fingerprint density at radius 1 is 1.50 bits per heavy atom. The molecule has 0 atom stereocenters. The first-order valence-corrected chi connectivity index (χ1v) is 5.65. The molecule has 18 heavy (non-hydrogen) atoms. The van der Waals surface area contributed by atoms with Crippen LogP contribution >= 0.6 is 0 Å². The molecule has 6 heteroatoms. The van der Waals surface area contributed by atoms with Crippen LogP contribution in [0.3, 0.4) is 0 Å². The van der Waals surface area contributed by atoms with E-state index in [2.05, 4.69) is 21.6 Å². The molecule has 2 aromatic rings. The molecule has 1 heterocycles. The molecule has 92 valence electrons. The number of nitrogens with one attached hydrogen (secondary N) is 1. The van der Waals surface area contributed by atoms with Gasteiger partial charge in [-0.2, -0.15) is 5.26 Å². The maximum atomic E-state index is 8.89. The number of para-hydroxylation sites is 1. The smallest absolute Gasteiger partial charge is 0.152 e. The number of nitrogen functional groups attached to an aromatic ring is 1. The lowest BCUT2D eigenvalue weighted by Crippen LogP contribution is -2.09. The Morgan fingerprint density at radius 3 is 3.06 bits per heavy atom. The van der Waals surface area contributed by atoms with Crippen molar-refractivity contribution >= 4 is 11.4 Å². The van der Waals surface area contributed by atoms with Gasteiger partial charge in [-0.3, -0.25) is 0 Å². The summed E-state index contributed by atoms with van der Waals surface area (Å²) in [5, 5.41) is 19.9. The van der Waals surface area contributed by atoms with Crippen LogP contribution in [0.4, 0.5) is 11.4 Å². The van der Waals surface area contributed by atoms with E-state index in [1.165, 1.54) is 0 Å². The standard InChI is InChI=1S/C12H14N6/c1-2-18-8-16-17-11(18)7-15-10-5-3-4-9(6-13)12(10)14/h3-5,8,15H,2,7,14H2,1H3. The average Bonchev–Trinajstić information content (AvgIpc) is 2.85. The Labute approximate surface area is 105 Å². The minimum Gasteiger partial charge on any atom is -0.396 e. The van der Waals surface area contributed by atoms with Gasteiger partial charge >= 0.3 is 0 Å². The van der Waals surface area contributed by atoms with Gasteiger partial charge in [-0.05, 0) is 19.1 Å². The highest BCUT2D eigenvalue weighted by molar-refractivity contribution is 5.72. The molecule has 6 nitrogen and oxygen atoms in total. The van der Waals surface area contributed by atoms with E-state index in [-0.39, 0.29) is 0 Å². The van der Waals surface area contributed by atoms with Gasteiger partial charge in [0.05, 0.1) is 23.5 Å². The van der Waals surface area contributed by atoms with Crippen molar-refractivity contribution in [1.82, 2.24) is 14.8 Å². The van der Waals surface area contributed by atoms with Crippen LogP contribution in [0.5, 0.6) is 0 Å². The first-order chi connectivity index (χ1) is 8.76. The average molecular weight is 242 g/mol. The van der Waals surface area contributed by atoms with E-state index in [1.54, 1.807) is 18.5 Å². The highest BCUT2D eigenvalue weighted by Crippen LogP contribution is 2.22. The second-order valence-electron chi connectivity index (χ2n) is 3.77. The molecule has 0 aliphatic carbocycles. The molecule has 0 saturated heterocycles. The Balaban J connectivity index is 2.14. The van der Waals surface area contributed by atoms with Crippen molar-refractivity contribution in [3.63, 3.8) is 0 Å². The van der Waals surface area contributed by atoms with E-state index in [0.717, 1.165) is 18.1 Å². The van der Waals surface area contributed by atoms with Crippen molar-refractivity contribution in [2.45, 2.75) is 20.0 Å². The summed E-state index contributed by atoms with van der Waals surface area (Å²) < 4.78 is 1.94. The van der Waals surface area contributed by atoms with Gasteiger partial charge in [0.15, 0.2) is 5.82 Å². The molecule has 0 aliphatic heterocycles. The predicted molar refractivity (Wildman–Crippen MR) is 68.6 cm³/mol. The van der Waals surface area contributed by atoms with Gasteiger partial charge in [0.25, 0.3) is 0 Å². The van der Waals surface area contributed by atoms with Gasteiger partial charge < -0.3 is 15.6 Å². The van der Waals surface area contributed by atoms with Crippen molar-refractivity contribution in [3.05, 3.63) is 35.9 Å². The van der Waals surface area contributed by atoms with E-state index in [1.807, 2.05) is 17.6 Å². The molecule has 0 aliphatic rings. The molecule has 0 saturated carbocycles. The Hall–Kier alpha value is -2.55. The summed E-state index contributed by atoms with van der Waals surface area (Å²) in [5.41, 5.74) is 7.54. The summed E-state index contributed by atoms with van der Waals surface area (Å²) >= 11 is 0. The quantitative estimate of drug-likeness (QED) is 0.790. The Bertz CT molecular complexity index is 580. The zero-order valence-corrected chi connectivity index (χ0v) is 10.1. The third-order valence-electron chi connectivity index (χ3n) is 2.70. The number of hydrogen-bond donors (Lipinski definition) is 2. The Morgan fingerprint density at radius 2 is 2.33 bits per heavy atom. The maximum Gasteiger partial charge on any atom is 0.152 e. The van der Waals surface area contributed by atoms with Gasteiger partial charge in [0.2, 0.25) is 0 Å². The monoisotopic (exact) mass is 242 g/mol. The molecule has 1 aromatic heterocycles. The van der Waals surface area contributed by atoms with Crippen LogP contribution in [0.1, 0.15) is 18.3 Å². The maximum absolute atomic E-state index is 8.89. The first-order valence-electron chi connectivity index (χ1n) is 5.65. The molecule has 2 rings (SSSR count). The van der Waals surface area contributed by atoms with Crippen molar-refractivity contribution in [2.24, 2.45) is 0 Å². The summed E-state index contributed by atoms with van der Waals surface area (Å²) in [7, 11) is 0. The van der Waals surface area contributed by atoms with Crippen LogP contribution in [0, 0.1) is 11.3 Å². The molecule has 0 amide bonds. The molecular weight excluding hydrogens is 228 g/mol. The fourth-order valence-corrected chi connectivity index (χ4v) is 1.67. The second kappa shape index (κ2) is 5.19. The number of anilines is 2. The largest absolute Gasteiger partial charge is 0.396 e. The van der Waals surface area contributed by atoms with E-state index in [0.29, 0.717) is 17.8 Å². The zero-order chi connectivity index (χ0) is 13.0. The van der Waals surface area contributed by atoms with Crippen molar-refractivity contribution in [3.8, 4) is 6.07 Å². The number of nitriles is 1. The van der Waals surface area contributed by atoms with Crippen molar-refractivity contribution in [2.75, 3.05) is 11.1 Å². The molecular formula is C12H14N6. The summed E-state index contributed by atoms with van der Waals surface area (Å²) in [6, 6.07) is 7.37. The summed E-state index contributed by atoms with van der Waals surface area (Å²) in [5.74, 6) is 0.833. The molecule has 0 radical (unpaired) electrons. The number of nitrogens with zero attached hydrogens (tertiary/aromatic N) is 4. The third-order valence-corrected chi connectivity index (χ3v) is 2.70. The van der Waals surface area contributed by atoms with Crippen LogP contribution in [0.15, 0.2) is 24.5 Å². The molecule has 0 fully saturated rings. The van der Waals surface area contributed by atoms with Crippen molar-refractivity contribution < 1.29 is 0 Å². The molecule has 0 spiro atoms. The molecule has 0 unspecified atom stereocenters. The molecule has 1 aromatic carbocycles. The van der Waals surface area contributed by atoms with Crippen LogP contribution in [0.2, 0.25) is 0 Å². The van der Waals surface area contributed by atoms with Crippen molar-refractivity contribution in [1.29, 1.82) is 5.26 Å². The number of aromatic nitrogens is 3. The number of aryl methyl sites for hydroxylation is 1. The fraction of sp³-hybridized carbons (Fsp3) is 0.250. The van der Waals surface area contributed by atoms with E-state index < -0.39 is 0 Å². The van der Waals surface area contributed by atoms with Gasteiger partial charge in [0, 0.05) is 6.54 Å². The lowest BCUT2D eigenvalue weighted by Gasteiger charge is -2.10. The molecule has 0 bridgehead atoms. The third kappa shape index (κ3) is 2.25. The minimum atomic E-state index is 0.461. The normalized spacial score (nSPS) is 10.0. The van der Waals surface area contributed by atoms with Crippen LogP contribution in [-0.4, -0.2) is 14.8 Å². The highest BCUT2D eigenvalue weighted by Gasteiger charge is 2.06. The number of benzene rings is 1. The highest BCUT2D eigenvalue weighted by atomic mass is 15.3. The topological polar surface area (TPSA) is 92.5 Å².